The molecule has 6 rings (SSSR count). The van der Waals surface area contributed by atoms with Gasteiger partial charge >= 0.3 is 0 Å². The van der Waals surface area contributed by atoms with Crippen LogP contribution in [0.1, 0.15) is 36.6 Å². The van der Waals surface area contributed by atoms with E-state index in [0.29, 0.717) is 69.3 Å². The normalized spacial score (nSPS) is 13.8. The van der Waals surface area contributed by atoms with Gasteiger partial charge in [-0.3, -0.25) is 4.79 Å². The number of nitrogens with one attached hydrogen (secondary N) is 2. The molecule has 4 aromatic carbocycles. The van der Waals surface area contributed by atoms with E-state index in [0.717, 1.165) is 16.7 Å². The summed E-state index contributed by atoms with van der Waals surface area (Å²) in [5.74, 6) is 2.52. The van der Waals surface area contributed by atoms with Crippen molar-refractivity contribution in [1.82, 2.24) is 14.8 Å². The number of para-hydroxylation sites is 2. The van der Waals surface area contributed by atoms with Crippen molar-refractivity contribution in [2.24, 2.45) is 0 Å². The molecule has 240 valence electrons. The maximum Gasteiger partial charge on any atom is 0.255 e. The fraction of sp³-hybridized carbons (Fsp3) is 0.194. The van der Waals surface area contributed by atoms with Crippen molar-refractivity contribution >= 4 is 40.9 Å². The fourth-order valence-corrected chi connectivity index (χ4v) is 6.42. The molecule has 9 nitrogen and oxygen atoms in total. The van der Waals surface area contributed by atoms with Crippen LogP contribution >= 0.6 is 23.4 Å². The van der Waals surface area contributed by atoms with Crippen LogP contribution in [0.3, 0.4) is 0 Å². The monoisotopic (exact) mass is 667 g/mol. The lowest BCUT2D eigenvalue weighted by Crippen LogP contribution is -2.31. The van der Waals surface area contributed by atoms with E-state index in [1.807, 2.05) is 98.8 Å². The van der Waals surface area contributed by atoms with Gasteiger partial charge in [-0.2, -0.15) is 4.98 Å². The minimum Gasteiger partial charge on any atom is -0.495 e. The molecule has 0 bridgehead atoms. The maximum absolute atomic E-state index is 14.1. The Morgan fingerprint density at radius 2 is 1.72 bits per heavy atom. The zero-order chi connectivity index (χ0) is 32.8. The van der Waals surface area contributed by atoms with Crippen LogP contribution < -0.4 is 24.8 Å². The third kappa shape index (κ3) is 7.24. The third-order valence-corrected chi connectivity index (χ3v) is 8.82. The van der Waals surface area contributed by atoms with Gasteiger partial charge in [-0.05, 0) is 60.9 Å². The Morgan fingerprint density at radius 1 is 0.957 bits per heavy atom. The summed E-state index contributed by atoms with van der Waals surface area (Å²) in [7, 11) is 1.57. The number of allylic oxidation sites excluding steroid dienone is 1. The van der Waals surface area contributed by atoms with Crippen LogP contribution in [-0.4, -0.2) is 34.4 Å². The van der Waals surface area contributed by atoms with Crippen LogP contribution in [0, 0.1) is 0 Å². The van der Waals surface area contributed by atoms with E-state index in [4.69, 9.17) is 35.9 Å². The highest BCUT2D eigenvalue weighted by molar-refractivity contribution is 7.98. The second-order valence-corrected chi connectivity index (χ2v) is 12.0. The number of hydrogen-bond acceptors (Lipinski definition) is 8. The Labute approximate surface area is 282 Å². The Balaban J connectivity index is 1.37. The van der Waals surface area contributed by atoms with Crippen molar-refractivity contribution in [2.45, 2.75) is 37.4 Å². The average Bonchev–Trinajstić information content (AvgIpc) is 3.49. The molecule has 1 aliphatic rings. The summed E-state index contributed by atoms with van der Waals surface area (Å²) >= 11 is 7.88. The van der Waals surface area contributed by atoms with E-state index in [-0.39, 0.29) is 5.91 Å². The lowest BCUT2D eigenvalue weighted by atomic mass is 9.94. The Hall–Kier alpha value is -4.93. The Bertz CT molecular complexity index is 1910. The number of hydrogen-bond donors (Lipinski definition) is 2. The lowest BCUT2D eigenvalue weighted by molar-refractivity contribution is -0.113. The summed E-state index contributed by atoms with van der Waals surface area (Å²) in [5.41, 5.74) is 4.47. The molecular formula is C36H34ClN5O4S. The standard InChI is InChI=1S/C36H34ClN5O4S/c1-4-45-31-20-25(18-19-30(31)46-21-24-12-6-5-7-13-24)33-32(34(43)39-28-16-10-11-17-29(28)44-3)23(2)38-35-40-36(41-42(33)35)47-22-26-14-8-9-15-27(26)37/h5-20,33H,4,21-22H2,1-3H3,(H,39,43)(H,38,40,41). The van der Waals surface area contributed by atoms with Crippen molar-refractivity contribution in [1.29, 1.82) is 0 Å². The van der Waals surface area contributed by atoms with E-state index in [1.54, 1.807) is 23.9 Å². The van der Waals surface area contributed by atoms with Gasteiger partial charge in [0.2, 0.25) is 11.1 Å². The molecule has 0 spiro atoms. The molecular weight excluding hydrogens is 634 g/mol. The smallest absolute Gasteiger partial charge is 0.255 e. The number of carbonyl (C=O) groups excluding carboxylic acids is 1. The summed E-state index contributed by atoms with van der Waals surface area (Å²) < 4.78 is 19.5. The first kappa shape index (κ1) is 32.0. The SMILES string of the molecule is CCOc1cc(C2C(C(=O)Nc3ccccc3OC)=C(C)Nc3nc(SCc4ccccc4Cl)nn32)ccc1OCc1ccccc1. The first-order valence-corrected chi connectivity index (χ1v) is 16.5. The number of aromatic nitrogens is 3. The molecule has 11 heteroatoms. The molecule has 1 amide bonds. The molecule has 0 saturated carbocycles. The highest BCUT2D eigenvalue weighted by atomic mass is 35.5. The quantitative estimate of drug-likeness (QED) is 0.129. The van der Waals surface area contributed by atoms with Crippen LogP contribution in [0.25, 0.3) is 0 Å². The van der Waals surface area contributed by atoms with Crippen LogP contribution in [0.15, 0.2) is 113 Å². The van der Waals surface area contributed by atoms with E-state index in [1.165, 1.54) is 11.8 Å². The molecule has 5 aromatic rings. The largest absolute Gasteiger partial charge is 0.495 e. The molecule has 0 aliphatic carbocycles. The van der Waals surface area contributed by atoms with Gasteiger partial charge in [0, 0.05) is 16.5 Å². The lowest BCUT2D eigenvalue weighted by Gasteiger charge is -2.29. The first-order chi connectivity index (χ1) is 22.9. The molecule has 2 N–H and O–H groups in total. The fourth-order valence-electron chi connectivity index (χ4n) is 5.31. The van der Waals surface area contributed by atoms with E-state index in [2.05, 4.69) is 10.6 Å². The minimum absolute atomic E-state index is 0.307. The van der Waals surface area contributed by atoms with Crippen molar-refractivity contribution in [3.05, 3.63) is 130 Å². The number of anilines is 2. The number of methoxy groups -OCH3 is 1. The van der Waals surface area contributed by atoms with Crippen LogP contribution in [-0.2, 0) is 17.2 Å². The number of fused-ring (bicyclic) bond motifs is 1. The van der Waals surface area contributed by atoms with Gasteiger partial charge in [-0.15, -0.1) is 5.10 Å². The number of rotatable bonds is 12. The number of benzene rings is 4. The number of ether oxygens (including phenoxy) is 3. The van der Waals surface area contributed by atoms with Gasteiger partial charge in [0.05, 0.1) is 25.0 Å². The summed E-state index contributed by atoms with van der Waals surface area (Å²) in [6.45, 7) is 4.61. The molecule has 2 heterocycles. The van der Waals surface area contributed by atoms with Gasteiger partial charge in [0.15, 0.2) is 11.5 Å². The molecule has 1 aliphatic heterocycles. The van der Waals surface area contributed by atoms with Gasteiger partial charge in [0.1, 0.15) is 18.4 Å². The summed E-state index contributed by atoms with van der Waals surface area (Å²) in [6, 6.07) is 30.0. The molecule has 0 saturated heterocycles. The maximum atomic E-state index is 14.1. The van der Waals surface area contributed by atoms with E-state index < -0.39 is 6.04 Å². The van der Waals surface area contributed by atoms with Gasteiger partial charge in [-0.25, -0.2) is 4.68 Å². The predicted molar refractivity (Wildman–Crippen MR) is 186 cm³/mol. The highest BCUT2D eigenvalue weighted by Crippen LogP contribution is 2.41. The van der Waals surface area contributed by atoms with Gasteiger partial charge in [-0.1, -0.05) is 90.1 Å². The third-order valence-electron chi connectivity index (χ3n) is 7.57. The molecule has 1 atom stereocenters. The number of nitrogens with zero attached hydrogens (tertiary/aromatic N) is 3. The number of carbonyl (C=O) groups is 1. The van der Waals surface area contributed by atoms with E-state index in [9.17, 15) is 4.79 Å². The molecule has 47 heavy (non-hydrogen) atoms. The molecule has 1 aromatic heterocycles. The molecule has 1 unspecified atom stereocenters. The van der Waals surface area contributed by atoms with Crippen molar-refractivity contribution < 1.29 is 19.0 Å². The second kappa shape index (κ2) is 14.7. The first-order valence-electron chi connectivity index (χ1n) is 15.1. The van der Waals surface area contributed by atoms with Crippen LogP contribution in [0.4, 0.5) is 11.6 Å². The van der Waals surface area contributed by atoms with Gasteiger partial charge < -0.3 is 24.8 Å². The van der Waals surface area contributed by atoms with Crippen molar-refractivity contribution in [2.75, 3.05) is 24.4 Å². The van der Waals surface area contributed by atoms with Crippen molar-refractivity contribution in [3.8, 4) is 17.2 Å². The van der Waals surface area contributed by atoms with E-state index >= 15 is 0 Å². The topological polar surface area (TPSA) is 99.5 Å². The predicted octanol–water partition coefficient (Wildman–Crippen LogP) is 8.14. The van der Waals surface area contributed by atoms with Crippen molar-refractivity contribution in [3.63, 3.8) is 0 Å². The highest BCUT2D eigenvalue weighted by Gasteiger charge is 2.35. The molecule has 0 fully saturated rings. The van der Waals surface area contributed by atoms with Crippen LogP contribution in [0.5, 0.6) is 17.2 Å². The molecule has 0 radical (unpaired) electrons. The number of amides is 1. The zero-order valence-corrected chi connectivity index (χ0v) is 27.8. The van der Waals surface area contributed by atoms with Gasteiger partial charge in [0.25, 0.3) is 5.91 Å². The summed E-state index contributed by atoms with van der Waals surface area (Å²) in [5, 5.41) is 12.5. The zero-order valence-electron chi connectivity index (χ0n) is 26.2. The Kier molecular flexibility index (Phi) is 9.99. The number of halogens is 1. The minimum atomic E-state index is -0.634. The average molecular weight is 668 g/mol. The Morgan fingerprint density at radius 3 is 2.51 bits per heavy atom. The summed E-state index contributed by atoms with van der Waals surface area (Å²) in [4.78, 5) is 18.9. The number of thioether (sulfide) groups is 1. The summed E-state index contributed by atoms with van der Waals surface area (Å²) in [6.07, 6.45) is 0. The van der Waals surface area contributed by atoms with Crippen LogP contribution in [0.2, 0.25) is 5.02 Å². The second-order valence-electron chi connectivity index (χ2n) is 10.7.